The summed E-state index contributed by atoms with van der Waals surface area (Å²) in [6.07, 6.45) is -4.39. The average molecular weight is 728 g/mol. The minimum Gasteiger partial charge on any atom is -0.460 e. The molecule has 52 heavy (non-hydrogen) atoms. The summed E-state index contributed by atoms with van der Waals surface area (Å²) in [6.45, 7) is 5.05. The van der Waals surface area contributed by atoms with Gasteiger partial charge in [-0.15, -0.1) is 0 Å². The van der Waals surface area contributed by atoms with Crippen molar-refractivity contribution < 1.29 is 57.6 Å². The third-order valence-electron chi connectivity index (χ3n) is 8.08. The Morgan fingerprint density at radius 3 is 1.96 bits per heavy atom. The topological polar surface area (TPSA) is 205 Å². The molecule has 7 atom stereocenters. The molecule has 1 aliphatic heterocycles. The summed E-state index contributed by atoms with van der Waals surface area (Å²) in [4.78, 5) is 73.8. The molecule has 284 valence electrons. The molecule has 15 heteroatoms. The summed E-state index contributed by atoms with van der Waals surface area (Å²) < 4.78 is 27.5. The van der Waals surface area contributed by atoms with E-state index in [2.05, 4.69) is 16.0 Å². The molecular formula is C37H49N3O12. The number of alkyl carbamates (subject to hydrolysis) is 1. The summed E-state index contributed by atoms with van der Waals surface area (Å²) in [7, 11) is 0. The number of unbranched alkanes of at least 4 members (excludes halogenated alkanes) is 3. The number of carbonyl (C=O) groups excluding carboxylic acids is 6. The van der Waals surface area contributed by atoms with Crippen molar-refractivity contribution >= 4 is 35.8 Å². The van der Waals surface area contributed by atoms with Crippen LogP contribution in [0.1, 0.15) is 70.9 Å². The summed E-state index contributed by atoms with van der Waals surface area (Å²) >= 11 is 0. The second-order valence-electron chi connectivity index (χ2n) is 12.5. The van der Waals surface area contributed by atoms with Gasteiger partial charge < -0.3 is 44.7 Å². The van der Waals surface area contributed by atoms with Gasteiger partial charge in [0.2, 0.25) is 11.8 Å². The van der Waals surface area contributed by atoms with Gasteiger partial charge in [0.1, 0.15) is 30.9 Å². The zero-order valence-electron chi connectivity index (χ0n) is 29.9. The van der Waals surface area contributed by atoms with Crippen LogP contribution in [0.15, 0.2) is 60.7 Å². The van der Waals surface area contributed by atoms with E-state index in [-0.39, 0.29) is 25.4 Å². The van der Waals surface area contributed by atoms with E-state index in [1.807, 2.05) is 60.7 Å². The molecule has 2 aromatic carbocycles. The average Bonchev–Trinajstić information content (AvgIpc) is 3.09. The first-order valence-electron chi connectivity index (χ1n) is 17.2. The molecule has 1 fully saturated rings. The molecule has 3 rings (SSSR count). The van der Waals surface area contributed by atoms with Crippen molar-refractivity contribution in [2.75, 3.05) is 6.54 Å². The predicted molar refractivity (Wildman–Crippen MR) is 185 cm³/mol. The lowest BCUT2D eigenvalue weighted by molar-refractivity contribution is -0.276. The Labute approximate surface area is 303 Å². The molecule has 15 nitrogen and oxygen atoms in total. The van der Waals surface area contributed by atoms with Crippen molar-refractivity contribution in [1.82, 2.24) is 16.0 Å². The van der Waals surface area contributed by atoms with Gasteiger partial charge in [-0.2, -0.15) is 0 Å². The molecule has 2 aromatic rings. The fraction of sp³-hybridized carbons (Fsp3) is 0.514. The van der Waals surface area contributed by atoms with Gasteiger partial charge in [-0.25, -0.2) is 4.79 Å². The number of ether oxygens (including phenoxy) is 5. The maximum atomic E-state index is 13.2. The highest BCUT2D eigenvalue weighted by molar-refractivity contribution is 5.86. The summed E-state index contributed by atoms with van der Waals surface area (Å²) in [5.74, 6) is -3.07. The van der Waals surface area contributed by atoms with Gasteiger partial charge in [0.05, 0.1) is 0 Å². The Bertz CT molecular complexity index is 1470. The van der Waals surface area contributed by atoms with Gasteiger partial charge in [-0.3, -0.25) is 24.0 Å². The van der Waals surface area contributed by atoms with Crippen LogP contribution in [0.4, 0.5) is 4.79 Å². The van der Waals surface area contributed by atoms with Crippen molar-refractivity contribution in [2.45, 2.75) is 116 Å². The molecule has 1 saturated heterocycles. The first kappa shape index (κ1) is 41.4. The van der Waals surface area contributed by atoms with E-state index in [9.17, 15) is 33.9 Å². The number of hydrogen-bond donors (Lipinski definition) is 4. The van der Waals surface area contributed by atoms with Crippen LogP contribution < -0.4 is 16.0 Å². The largest absolute Gasteiger partial charge is 0.460 e. The highest BCUT2D eigenvalue weighted by Gasteiger charge is 2.53. The lowest BCUT2D eigenvalue weighted by Gasteiger charge is -2.45. The Kier molecular flexibility index (Phi) is 17.0. The summed E-state index contributed by atoms with van der Waals surface area (Å²) in [5.41, 5.74) is 1.68. The summed E-state index contributed by atoms with van der Waals surface area (Å²) in [5, 5.41) is 18.8. The maximum Gasteiger partial charge on any atom is 0.408 e. The quantitative estimate of drug-likeness (QED) is 0.0994. The number of carbonyl (C=O) groups is 6. The molecule has 0 saturated carbocycles. The molecule has 1 heterocycles. The minimum absolute atomic E-state index is 0.0624. The zero-order valence-corrected chi connectivity index (χ0v) is 29.9. The smallest absolute Gasteiger partial charge is 0.408 e. The lowest BCUT2D eigenvalue weighted by Crippen LogP contribution is -2.67. The number of amides is 3. The van der Waals surface area contributed by atoms with Crippen molar-refractivity contribution in [3.05, 3.63) is 71.8 Å². The monoisotopic (exact) mass is 727 g/mol. The molecule has 0 spiro atoms. The van der Waals surface area contributed by atoms with Crippen molar-refractivity contribution in [2.24, 2.45) is 0 Å². The van der Waals surface area contributed by atoms with Crippen LogP contribution in [0.25, 0.3) is 0 Å². The highest BCUT2D eigenvalue weighted by atomic mass is 16.7. The van der Waals surface area contributed by atoms with Gasteiger partial charge in [0.15, 0.2) is 18.5 Å². The van der Waals surface area contributed by atoms with Crippen LogP contribution in [-0.4, -0.2) is 90.3 Å². The number of esters is 3. The zero-order chi connectivity index (χ0) is 38.0. The van der Waals surface area contributed by atoms with Crippen LogP contribution in [0, 0.1) is 0 Å². The standard InChI is InChI=1S/C37H49N3O12/c1-23(41)39-31-33(50-25(3)43)34(51-26(4)44)32(52-36(31)46)30(49-24(2)42)19-13-5-6-14-20-38-35(45)29(21-27-15-9-7-10-16-27)40-37(47)48-22-28-17-11-8-12-18-28/h7-12,15-18,29-34,36,46H,5-6,13-14,19-22H2,1-4H3,(H,38,45)(H,39,41)(H,40,47)/t29-,30?,31+,32+,33+,34+,36+/m0/s1. The van der Waals surface area contributed by atoms with Gasteiger partial charge in [-0.05, 0) is 30.4 Å². The lowest BCUT2D eigenvalue weighted by atomic mass is 9.90. The molecule has 0 aliphatic carbocycles. The van der Waals surface area contributed by atoms with E-state index < -0.39 is 72.7 Å². The molecule has 0 aromatic heterocycles. The number of aliphatic hydroxyl groups excluding tert-OH is 1. The van der Waals surface area contributed by atoms with E-state index in [0.29, 0.717) is 32.2 Å². The van der Waals surface area contributed by atoms with E-state index in [4.69, 9.17) is 23.7 Å². The second-order valence-corrected chi connectivity index (χ2v) is 12.5. The van der Waals surface area contributed by atoms with Gasteiger partial charge in [0, 0.05) is 40.7 Å². The van der Waals surface area contributed by atoms with Crippen molar-refractivity contribution in [3.63, 3.8) is 0 Å². The first-order chi connectivity index (χ1) is 24.8. The number of aliphatic hydroxyl groups is 1. The molecule has 1 aliphatic rings. The Morgan fingerprint density at radius 1 is 0.769 bits per heavy atom. The van der Waals surface area contributed by atoms with Crippen LogP contribution in [0.3, 0.4) is 0 Å². The van der Waals surface area contributed by atoms with Gasteiger partial charge in [-0.1, -0.05) is 73.5 Å². The molecule has 4 N–H and O–H groups in total. The van der Waals surface area contributed by atoms with Crippen LogP contribution in [-0.2, 0) is 60.7 Å². The van der Waals surface area contributed by atoms with E-state index in [1.165, 1.54) is 13.8 Å². The third kappa shape index (κ3) is 14.3. The molecule has 0 radical (unpaired) electrons. The van der Waals surface area contributed by atoms with Gasteiger partial charge >= 0.3 is 24.0 Å². The fourth-order valence-electron chi connectivity index (χ4n) is 5.85. The number of nitrogens with one attached hydrogen (secondary N) is 3. The Balaban J connectivity index is 1.56. The SMILES string of the molecule is CC(=O)N[C@@H]1[C@@H](OC(C)=O)[C@H](OC(C)=O)[C@@H](C(CCCCCCNC(=O)[C@H](Cc2ccccc2)NC(=O)OCc2ccccc2)OC(C)=O)O[C@H]1O. The minimum atomic E-state index is -1.68. The van der Waals surface area contributed by atoms with Crippen LogP contribution >= 0.6 is 0 Å². The summed E-state index contributed by atoms with van der Waals surface area (Å²) in [6, 6.07) is 16.4. The number of hydrogen-bond acceptors (Lipinski definition) is 12. The molecular weight excluding hydrogens is 678 g/mol. The number of rotatable bonds is 18. The maximum absolute atomic E-state index is 13.2. The van der Waals surface area contributed by atoms with E-state index in [1.54, 1.807) is 0 Å². The second kappa shape index (κ2) is 21.4. The fourth-order valence-corrected chi connectivity index (χ4v) is 5.85. The Hall–Kier alpha value is -5.02. The van der Waals surface area contributed by atoms with Crippen LogP contribution in [0.2, 0.25) is 0 Å². The molecule has 3 amide bonds. The highest BCUT2D eigenvalue weighted by Crippen LogP contribution is 2.30. The van der Waals surface area contributed by atoms with Gasteiger partial charge in [0.25, 0.3) is 0 Å². The Morgan fingerprint density at radius 2 is 1.37 bits per heavy atom. The van der Waals surface area contributed by atoms with Crippen molar-refractivity contribution in [1.29, 1.82) is 0 Å². The predicted octanol–water partition coefficient (Wildman–Crippen LogP) is 2.61. The number of benzene rings is 2. The van der Waals surface area contributed by atoms with Crippen LogP contribution in [0.5, 0.6) is 0 Å². The van der Waals surface area contributed by atoms with Crippen molar-refractivity contribution in [3.8, 4) is 0 Å². The molecule has 1 unspecified atom stereocenters. The van der Waals surface area contributed by atoms with E-state index in [0.717, 1.165) is 25.0 Å². The third-order valence-corrected chi connectivity index (χ3v) is 8.08. The normalized spacial score (nSPS) is 20.7. The molecule has 0 bridgehead atoms. The first-order valence-corrected chi connectivity index (χ1v) is 17.2. The van der Waals surface area contributed by atoms with E-state index >= 15 is 0 Å².